The number of hydrogen-bond acceptors (Lipinski definition) is 2. The van der Waals surface area contributed by atoms with Crippen LogP contribution in [0, 0.1) is 6.92 Å². The van der Waals surface area contributed by atoms with E-state index in [1.54, 1.807) is 7.11 Å². The molecule has 1 aromatic rings. The van der Waals surface area contributed by atoms with E-state index < -0.39 is 0 Å². The number of rotatable bonds is 6. The van der Waals surface area contributed by atoms with Gasteiger partial charge in [-0.15, -0.1) is 0 Å². The smallest absolute Gasteiger partial charge is 0.122 e. The molecule has 0 bridgehead atoms. The first-order valence-electron chi connectivity index (χ1n) is 6.65. The fraction of sp³-hybridized carbons (Fsp3) is 0.500. The summed E-state index contributed by atoms with van der Waals surface area (Å²) in [7, 11) is 1.73. The minimum absolute atomic E-state index is 0.469. The Bertz CT molecular complexity index is 408. The number of ether oxygens (including phenoxy) is 1. The first-order chi connectivity index (χ1) is 8.60. The molecule has 0 aliphatic heterocycles. The van der Waals surface area contributed by atoms with Gasteiger partial charge in [0.1, 0.15) is 5.75 Å². The van der Waals surface area contributed by atoms with Gasteiger partial charge in [0.05, 0.1) is 7.11 Å². The molecule has 0 amide bonds. The molecular weight excluding hydrogens is 222 g/mol. The quantitative estimate of drug-likeness (QED) is 0.774. The monoisotopic (exact) mass is 247 g/mol. The molecule has 2 heteroatoms. The molecule has 1 rings (SSSR count). The van der Waals surface area contributed by atoms with Crippen molar-refractivity contribution in [1.82, 2.24) is 0 Å². The summed E-state index contributed by atoms with van der Waals surface area (Å²) in [6.45, 7) is 7.25. The maximum absolute atomic E-state index is 5.49. The van der Waals surface area contributed by atoms with Gasteiger partial charge in [-0.3, -0.25) is 0 Å². The number of benzene rings is 1. The lowest BCUT2D eigenvalue weighted by molar-refractivity contribution is 0.407. The largest absolute Gasteiger partial charge is 0.496 e. The third kappa shape index (κ3) is 3.88. The minimum Gasteiger partial charge on any atom is -0.496 e. The van der Waals surface area contributed by atoms with E-state index in [-0.39, 0.29) is 0 Å². The van der Waals surface area contributed by atoms with Crippen molar-refractivity contribution in [2.45, 2.75) is 39.5 Å². The molecule has 0 unspecified atom stereocenters. The van der Waals surface area contributed by atoms with Gasteiger partial charge in [0.15, 0.2) is 0 Å². The fourth-order valence-corrected chi connectivity index (χ4v) is 1.97. The maximum Gasteiger partial charge on any atom is 0.122 e. The highest BCUT2D eigenvalue weighted by Crippen LogP contribution is 2.30. The van der Waals surface area contributed by atoms with E-state index in [0.29, 0.717) is 5.92 Å². The minimum atomic E-state index is 0.469. The van der Waals surface area contributed by atoms with Crippen molar-refractivity contribution in [2.24, 2.45) is 5.73 Å². The van der Waals surface area contributed by atoms with Crippen LogP contribution in [0.25, 0.3) is 6.08 Å². The summed E-state index contributed by atoms with van der Waals surface area (Å²) in [5.41, 5.74) is 9.28. The molecule has 0 aliphatic carbocycles. The molecule has 0 aliphatic rings. The molecule has 0 fully saturated rings. The van der Waals surface area contributed by atoms with E-state index in [0.717, 1.165) is 25.1 Å². The Morgan fingerprint density at radius 1 is 1.33 bits per heavy atom. The van der Waals surface area contributed by atoms with Crippen LogP contribution in [0.1, 0.15) is 49.3 Å². The molecule has 100 valence electrons. The molecule has 2 nitrogen and oxygen atoms in total. The Kier molecular flexibility index (Phi) is 5.93. The number of nitrogens with two attached hydrogens (primary N) is 1. The highest BCUT2D eigenvalue weighted by molar-refractivity contribution is 5.58. The Morgan fingerprint density at radius 3 is 2.61 bits per heavy atom. The number of aryl methyl sites for hydroxylation is 1. The second-order valence-corrected chi connectivity index (χ2v) is 4.94. The van der Waals surface area contributed by atoms with Crippen LogP contribution in [-0.2, 0) is 0 Å². The van der Waals surface area contributed by atoms with E-state index in [9.17, 15) is 0 Å². The van der Waals surface area contributed by atoms with Crippen LogP contribution in [0.4, 0.5) is 0 Å². The lowest BCUT2D eigenvalue weighted by atomic mass is 9.96. The van der Waals surface area contributed by atoms with Crippen LogP contribution in [0.5, 0.6) is 5.75 Å². The van der Waals surface area contributed by atoms with Gasteiger partial charge >= 0.3 is 0 Å². The van der Waals surface area contributed by atoms with Crippen molar-refractivity contribution in [3.63, 3.8) is 0 Å². The zero-order chi connectivity index (χ0) is 13.5. The molecule has 0 spiro atoms. The van der Waals surface area contributed by atoms with E-state index in [1.807, 2.05) is 0 Å². The van der Waals surface area contributed by atoms with Crippen LogP contribution >= 0.6 is 0 Å². The molecule has 0 radical (unpaired) electrons. The first-order valence-corrected chi connectivity index (χ1v) is 6.65. The van der Waals surface area contributed by atoms with Crippen LogP contribution in [-0.4, -0.2) is 13.7 Å². The summed E-state index contributed by atoms with van der Waals surface area (Å²) in [6.07, 6.45) is 6.48. The lowest BCUT2D eigenvalue weighted by Gasteiger charge is -2.14. The summed E-state index contributed by atoms with van der Waals surface area (Å²) in [5.74, 6) is 1.46. The van der Waals surface area contributed by atoms with Gasteiger partial charge in [-0.1, -0.05) is 26.0 Å². The van der Waals surface area contributed by atoms with Crippen molar-refractivity contribution in [3.8, 4) is 5.75 Å². The zero-order valence-electron chi connectivity index (χ0n) is 12.0. The standard InChI is InChI=1S/C16H25NO/c1-12(2)15-11-14(8-6-5-7-9-17)13(3)10-16(15)18-4/h6,8,10-12H,5,7,9,17H2,1-4H3/b8-6+. The SMILES string of the molecule is COc1cc(C)c(/C=C/CCCN)cc1C(C)C. The molecule has 18 heavy (non-hydrogen) atoms. The van der Waals surface area contributed by atoms with Gasteiger partial charge in [0.25, 0.3) is 0 Å². The van der Waals surface area contributed by atoms with Crippen molar-refractivity contribution >= 4 is 6.08 Å². The fourth-order valence-electron chi connectivity index (χ4n) is 1.97. The Balaban J connectivity index is 2.98. The summed E-state index contributed by atoms with van der Waals surface area (Å²) < 4.78 is 5.44. The highest BCUT2D eigenvalue weighted by Gasteiger charge is 2.09. The molecule has 1 aromatic carbocycles. The second kappa shape index (κ2) is 7.22. The number of allylic oxidation sites excluding steroid dienone is 1. The van der Waals surface area contributed by atoms with Crippen molar-refractivity contribution in [2.75, 3.05) is 13.7 Å². The van der Waals surface area contributed by atoms with Crippen molar-refractivity contribution < 1.29 is 4.74 Å². The molecular formula is C16H25NO. The molecule has 0 atom stereocenters. The first kappa shape index (κ1) is 14.8. The molecule has 0 saturated heterocycles. The summed E-state index contributed by atoms with van der Waals surface area (Å²) in [6, 6.07) is 4.36. The summed E-state index contributed by atoms with van der Waals surface area (Å²) in [5, 5.41) is 0. The van der Waals surface area contributed by atoms with Crippen molar-refractivity contribution in [1.29, 1.82) is 0 Å². The van der Waals surface area contributed by atoms with E-state index in [2.05, 4.69) is 45.1 Å². The van der Waals surface area contributed by atoms with Crippen LogP contribution in [0.3, 0.4) is 0 Å². The summed E-state index contributed by atoms with van der Waals surface area (Å²) >= 11 is 0. The summed E-state index contributed by atoms with van der Waals surface area (Å²) in [4.78, 5) is 0. The topological polar surface area (TPSA) is 35.2 Å². The predicted molar refractivity (Wildman–Crippen MR) is 79.1 cm³/mol. The van der Waals surface area contributed by atoms with Gasteiger partial charge in [0.2, 0.25) is 0 Å². The lowest BCUT2D eigenvalue weighted by Crippen LogP contribution is -1.97. The van der Waals surface area contributed by atoms with Crippen LogP contribution < -0.4 is 10.5 Å². The normalized spacial score (nSPS) is 11.4. The van der Waals surface area contributed by atoms with Crippen LogP contribution in [0.15, 0.2) is 18.2 Å². The van der Waals surface area contributed by atoms with Gasteiger partial charge in [0, 0.05) is 0 Å². The van der Waals surface area contributed by atoms with E-state index in [1.165, 1.54) is 16.7 Å². The number of methoxy groups -OCH3 is 1. The average Bonchev–Trinajstić information content (AvgIpc) is 2.35. The zero-order valence-corrected chi connectivity index (χ0v) is 12.0. The highest BCUT2D eigenvalue weighted by atomic mass is 16.5. The van der Waals surface area contributed by atoms with Gasteiger partial charge in [-0.2, -0.15) is 0 Å². The Hall–Kier alpha value is -1.28. The predicted octanol–water partition coefficient (Wildman–Crippen LogP) is 3.88. The average molecular weight is 247 g/mol. The number of hydrogen-bond donors (Lipinski definition) is 1. The number of unbranched alkanes of at least 4 members (excludes halogenated alkanes) is 1. The molecule has 0 heterocycles. The molecule has 0 saturated carbocycles. The molecule has 0 aromatic heterocycles. The third-order valence-electron chi connectivity index (χ3n) is 3.11. The Labute approximate surface area is 111 Å². The Morgan fingerprint density at radius 2 is 2.06 bits per heavy atom. The van der Waals surface area contributed by atoms with Gasteiger partial charge < -0.3 is 10.5 Å². The molecule has 2 N–H and O–H groups in total. The third-order valence-corrected chi connectivity index (χ3v) is 3.11. The maximum atomic E-state index is 5.49. The second-order valence-electron chi connectivity index (χ2n) is 4.94. The van der Waals surface area contributed by atoms with Gasteiger partial charge in [-0.05, 0) is 61.1 Å². The van der Waals surface area contributed by atoms with E-state index in [4.69, 9.17) is 10.5 Å². The van der Waals surface area contributed by atoms with E-state index >= 15 is 0 Å². The van der Waals surface area contributed by atoms with Crippen molar-refractivity contribution in [3.05, 3.63) is 34.9 Å². The van der Waals surface area contributed by atoms with Gasteiger partial charge in [-0.25, -0.2) is 0 Å². The van der Waals surface area contributed by atoms with Crippen LogP contribution in [0.2, 0.25) is 0 Å².